The Balaban J connectivity index is 2.26. The van der Waals surface area contributed by atoms with E-state index in [1.807, 2.05) is 38.1 Å². The number of aromatic nitrogens is 2. The second kappa shape index (κ2) is 5.46. The zero-order valence-electron chi connectivity index (χ0n) is 10.5. The smallest absolute Gasteiger partial charge is 0.132 e. The predicted octanol–water partition coefficient (Wildman–Crippen LogP) is 3.05. The van der Waals surface area contributed by atoms with Gasteiger partial charge in [0.15, 0.2) is 0 Å². The number of rotatable bonds is 3. The standard InChI is InChI=1S/C14H16ClN3/c1-9(16)12-8-17-14(18-10(12)2)7-11-5-3-4-6-13(11)15/h3-6,8-9H,7,16H2,1-2H3. The summed E-state index contributed by atoms with van der Waals surface area (Å²) >= 11 is 6.12. The molecular formula is C14H16ClN3. The minimum absolute atomic E-state index is 0.0423. The molecule has 1 heterocycles. The molecule has 0 radical (unpaired) electrons. The van der Waals surface area contributed by atoms with Crippen LogP contribution in [0.15, 0.2) is 30.5 Å². The van der Waals surface area contributed by atoms with Crippen molar-refractivity contribution in [3.8, 4) is 0 Å². The van der Waals surface area contributed by atoms with Gasteiger partial charge >= 0.3 is 0 Å². The Kier molecular flexibility index (Phi) is 3.94. The third-order valence-electron chi connectivity index (χ3n) is 2.86. The third-order valence-corrected chi connectivity index (χ3v) is 3.23. The van der Waals surface area contributed by atoms with Crippen molar-refractivity contribution in [2.75, 3.05) is 0 Å². The highest BCUT2D eigenvalue weighted by Gasteiger charge is 2.08. The first-order valence-electron chi connectivity index (χ1n) is 5.89. The molecule has 2 N–H and O–H groups in total. The van der Waals surface area contributed by atoms with Crippen LogP contribution in [0.1, 0.15) is 35.6 Å². The van der Waals surface area contributed by atoms with Crippen LogP contribution in [-0.4, -0.2) is 9.97 Å². The number of halogens is 1. The van der Waals surface area contributed by atoms with E-state index in [9.17, 15) is 0 Å². The van der Waals surface area contributed by atoms with Crippen LogP contribution in [0.2, 0.25) is 5.02 Å². The van der Waals surface area contributed by atoms with E-state index < -0.39 is 0 Å². The molecule has 0 fully saturated rings. The molecule has 94 valence electrons. The van der Waals surface area contributed by atoms with Gasteiger partial charge in [0.1, 0.15) is 5.82 Å². The van der Waals surface area contributed by atoms with Crippen LogP contribution >= 0.6 is 11.6 Å². The summed E-state index contributed by atoms with van der Waals surface area (Å²) in [7, 11) is 0. The van der Waals surface area contributed by atoms with Crippen LogP contribution in [0, 0.1) is 6.92 Å². The van der Waals surface area contributed by atoms with Crippen LogP contribution < -0.4 is 5.73 Å². The minimum atomic E-state index is -0.0423. The molecule has 0 aliphatic rings. The molecule has 1 aromatic carbocycles. The Morgan fingerprint density at radius 3 is 2.67 bits per heavy atom. The lowest BCUT2D eigenvalue weighted by molar-refractivity contribution is 0.777. The second-order valence-corrected chi connectivity index (χ2v) is 4.79. The topological polar surface area (TPSA) is 51.8 Å². The Morgan fingerprint density at radius 1 is 1.33 bits per heavy atom. The third kappa shape index (κ3) is 2.86. The van der Waals surface area contributed by atoms with Gasteiger partial charge in [-0.3, -0.25) is 0 Å². The zero-order valence-corrected chi connectivity index (χ0v) is 11.3. The van der Waals surface area contributed by atoms with E-state index in [-0.39, 0.29) is 6.04 Å². The van der Waals surface area contributed by atoms with Gasteiger partial charge in [-0.15, -0.1) is 0 Å². The largest absolute Gasteiger partial charge is 0.324 e. The highest BCUT2D eigenvalue weighted by atomic mass is 35.5. The molecule has 4 heteroatoms. The number of aryl methyl sites for hydroxylation is 1. The van der Waals surface area contributed by atoms with E-state index in [0.717, 1.165) is 27.7 Å². The summed E-state index contributed by atoms with van der Waals surface area (Å²) in [6, 6.07) is 7.70. The van der Waals surface area contributed by atoms with E-state index in [0.29, 0.717) is 6.42 Å². The van der Waals surface area contributed by atoms with E-state index in [1.54, 1.807) is 6.20 Å². The molecule has 0 saturated carbocycles. The summed E-state index contributed by atoms with van der Waals surface area (Å²) in [4.78, 5) is 8.83. The van der Waals surface area contributed by atoms with Gasteiger partial charge in [-0.1, -0.05) is 29.8 Å². The Labute approximate surface area is 112 Å². The Morgan fingerprint density at radius 2 is 2.06 bits per heavy atom. The molecular weight excluding hydrogens is 246 g/mol. The van der Waals surface area contributed by atoms with Gasteiger partial charge in [-0.05, 0) is 25.5 Å². The van der Waals surface area contributed by atoms with Gasteiger partial charge in [0.25, 0.3) is 0 Å². The van der Waals surface area contributed by atoms with Crippen molar-refractivity contribution in [2.45, 2.75) is 26.3 Å². The molecule has 2 aromatic rings. The van der Waals surface area contributed by atoms with Crippen molar-refractivity contribution in [3.05, 3.63) is 58.1 Å². The van der Waals surface area contributed by atoms with Crippen molar-refractivity contribution in [2.24, 2.45) is 5.73 Å². The molecule has 0 spiro atoms. The molecule has 1 unspecified atom stereocenters. The van der Waals surface area contributed by atoms with Crippen molar-refractivity contribution in [1.82, 2.24) is 9.97 Å². The quantitative estimate of drug-likeness (QED) is 0.924. The summed E-state index contributed by atoms with van der Waals surface area (Å²) < 4.78 is 0. The van der Waals surface area contributed by atoms with E-state index in [1.165, 1.54) is 0 Å². The normalized spacial score (nSPS) is 12.4. The molecule has 0 amide bonds. The van der Waals surface area contributed by atoms with Crippen LogP contribution in [-0.2, 0) is 6.42 Å². The van der Waals surface area contributed by atoms with E-state index in [2.05, 4.69) is 9.97 Å². The first-order valence-corrected chi connectivity index (χ1v) is 6.27. The van der Waals surface area contributed by atoms with Crippen LogP contribution in [0.3, 0.4) is 0 Å². The van der Waals surface area contributed by atoms with Crippen molar-refractivity contribution in [1.29, 1.82) is 0 Å². The fourth-order valence-electron chi connectivity index (χ4n) is 1.87. The number of benzene rings is 1. The average molecular weight is 262 g/mol. The number of nitrogens with two attached hydrogens (primary N) is 1. The van der Waals surface area contributed by atoms with E-state index in [4.69, 9.17) is 17.3 Å². The lowest BCUT2D eigenvalue weighted by Gasteiger charge is -2.10. The van der Waals surface area contributed by atoms with Crippen LogP contribution in [0.5, 0.6) is 0 Å². The fourth-order valence-corrected chi connectivity index (χ4v) is 2.07. The predicted molar refractivity (Wildman–Crippen MR) is 73.6 cm³/mol. The first-order chi connectivity index (χ1) is 8.58. The maximum absolute atomic E-state index is 6.12. The molecule has 0 bridgehead atoms. The molecule has 18 heavy (non-hydrogen) atoms. The highest BCUT2D eigenvalue weighted by molar-refractivity contribution is 6.31. The molecule has 1 aromatic heterocycles. The van der Waals surface area contributed by atoms with Crippen molar-refractivity contribution in [3.63, 3.8) is 0 Å². The summed E-state index contributed by atoms with van der Waals surface area (Å²) in [5.41, 5.74) is 8.79. The Bertz CT molecular complexity index is 552. The molecule has 1 atom stereocenters. The Hall–Kier alpha value is -1.45. The van der Waals surface area contributed by atoms with Crippen molar-refractivity contribution >= 4 is 11.6 Å². The number of hydrogen-bond donors (Lipinski definition) is 1. The maximum atomic E-state index is 6.12. The SMILES string of the molecule is Cc1nc(Cc2ccccc2Cl)ncc1C(C)N. The second-order valence-electron chi connectivity index (χ2n) is 4.38. The van der Waals surface area contributed by atoms with Crippen LogP contribution in [0.4, 0.5) is 0 Å². The van der Waals surface area contributed by atoms with E-state index >= 15 is 0 Å². The maximum Gasteiger partial charge on any atom is 0.132 e. The van der Waals surface area contributed by atoms with Gasteiger partial charge in [-0.2, -0.15) is 0 Å². The summed E-state index contributed by atoms with van der Waals surface area (Å²) in [6.07, 6.45) is 2.44. The molecule has 0 aliphatic heterocycles. The highest BCUT2D eigenvalue weighted by Crippen LogP contribution is 2.18. The first kappa shape index (κ1) is 13.0. The molecule has 0 aliphatic carbocycles. The van der Waals surface area contributed by atoms with Crippen LogP contribution in [0.25, 0.3) is 0 Å². The summed E-state index contributed by atoms with van der Waals surface area (Å²) in [5.74, 6) is 0.769. The zero-order chi connectivity index (χ0) is 13.1. The van der Waals surface area contributed by atoms with Gasteiger partial charge in [0, 0.05) is 34.9 Å². The average Bonchev–Trinajstić information content (AvgIpc) is 2.32. The summed E-state index contributed by atoms with van der Waals surface area (Å²) in [6.45, 7) is 3.88. The molecule has 3 nitrogen and oxygen atoms in total. The monoisotopic (exact) mass is 261 g/mol. The number of nitrogens with zero attached hydrogens (tertiary/aromatic N) is 2. The van der Waals surface area contributed by atoms with Gasteiger partial charge in [-0.25, -0.2) is 9.97 Å². The van der Waals surface area contributed by atoms with Gasteiger partial charge in [0.05, 0.1) is 0 Å². The van der Waals surface area contributed by atoms with Gasteiger partial charge < -0.3 is 5.73 Å². The molecule has 0 saturated heterocycles. The molecule has 2 rings (SSSR count). The lowest BCUT2D eigenvalue weighted by Crippen LogP contribution is -2.10. The lowest BCUT2D eigenvalue weighted by atomic mass is 10.1. The number of hydrogen-bond acceptors (Lipinski definition) is 3. The summed E-state index contributed by atoms with van der Waals surface area (Å²) in [5, 5.41) is 0.745. The van der Waals surface area contributed by atoms with Crippen molar-refractivity contribution < 1.29 is 0 Å². The minimum Gasteiger partial charge on any atom is -0.324 e. The fraction of sp³-hybridized carbons (Fsp3) is 0.286. The van der Waals surface area contributed by atoms with Gasteiger partial charge in [0.2, 0.25) is 0 Å².